The summed E-state index contributed by atoms with van der Waals surface area (Å²) in [5, 5.41) is 15.6. The van der Waals surface area contributed by atoms with Crippen LogP contribution in [0.3, 0.4) is 0 Å². The van der Waals surface area contributed by atoms with E-state index in [-0.39, 0.29) is 6.73 Å². The van der Waals surface area contributed by atoms with Crippen LogP contribution in [-0.2, 0) is 6.42 Å². The summed E-state index contributed by atoms with van der Waals surface area (Å²) in [5.74, 6) is 0. The van der Waals surface area contributed by atoms with Crippen LogP contribution in [0.4, 0.5) is 5.69 Å². The van der Waals surface area contributed by atoms with E-state index in [4.69, 9.17) is 5.11 Å². The van der Waals surface area contributed by atoms with Gasteiger partial charge >= 0.3 is 0 Å². The lowest BCUT2D eigenvalue weighted by Crippen LogP contribution is -1.76. The Balaban J connectivity index is 2.71. The second kappa shape index (κ2) is 4.62. The van der Waals surface area contributed by atoms with Crippen molar-refractivity contribution >= 4 is 5.69 Å². The largest absolute Gasteiger partial charge is 0.373 e. The third-order valence-electron chi connectivity index (χ3n) is 1.59. The summed E-state index contributed by atoms with van der Waals surface area (Å²) in [6.45, 7) is 1.85. The van der Waals surface area contributed by atoms with Crippen molar-refractivity contribution in [1.29, 1.82) is 0 Å². The molecule has 0 spiro atoms. The van der Waals surface area contributed by atoms with E-state index in [0.717, 1.165) is 12.1 Å². The quantitative estimate of drug-likeness (QED) is 0.684. The first kappa shape index (κ1) is 8.87. The van der Waals surface area contributed by atoms with E-state index < -0.39 is 0 Å². The van der Waals surface area contributed by atoms with Crippen molar-refractivity contribution in [3.63, 3.8) is 0 Å². The maximum absolute atomic E-state index is 8.37. The number of azo groups is 1. The second-order valence-corrected chi connectivity index (χ2v) is 2.40. The molecule has 1 aromatic rings. The van der Waals surface area contributed by atoms with Crippen LogP contribution < -0.4 is 0 Å². The first-order chi connectivity index (χ1) is 5.86. The lowest BCUT2D eigenvalue weighted by molar-refractivity contribution is 0.301. The summed E-state index contributed by atoms with van der Waals surface area (Å²) in [5.41, 5.74) is 2.05. The molecule has 0 aliphatic rings. The molecule has 0 saturated carbocycles. The highest BCUT2D eigenvalue weighted by molar-refractivity contribution is 5.37. The van der Waals surface area contributed by atoms with Crippen LogP contribution in [0.5, 0.6) is 0 Å². The van der Waals surface area contributed by atoms with Crippen molar-refractivity contribution in [1.82, 2.24) is 0 Å². The molecular weight excluding hydrogens is 152 g/mol. The lowest BCUT2D eigenvalue weighted by atomic mass is 10.2. The second-order valence-electron chi connectivity index (χ2n) is 2.40. The molecule has 12 heavy (non-hydrogen) atoms. The van der Waals surface area contributed by atoms with E-state index in [1.807, 2.05) is 24.3 Å². The van der Waals surface area contributed by atoms with Gasteiger partial charge in [-0.3, -0.25) is 0 Å². The Morgan fingerprint density at radius 3 is 2.42 bits per heavy atom. The lowest BCUT2D eigenvalue weighted by Gasteiger charge is -1.95. The molecule has 0 heterocycles. The molecule has 0 aliphatic carbocycles. The van der Waals surface area contributed by atoms with Crippen molar-refractivity contribution in [2.45, 2.75) is 13.3 Å². The Morgan fingerprint density at radius 1 is 1.25 bits per heavy atom. The van der Waals surface area contributed by atoms with Gasteiger partial charge in [0.05, 0.1) is 5.69 Å². The van der Waals surface area contributed by atoms with Crippen LogP contribution in [0.2, 0.25) is 0 Å². The summed E-state index contributed by atoms with van der Waals surface area (Å²) in [6, 6.07) is 7.79. The number of rotatable bonds is 3. The number of aryl methyl sites for hydroxylation is 1. The van der Waals surface area contributed by atoms with Crippen LogP contribution in [0.1, 0.15) is 12.5 Å². The third kappa shape index (κ3) is 2.43. The minimum absolute atomic E-state index is 0.254. The SMILES string of the molecule is CCc1ccc(N=NCO)cc1. The van der Waals surface area contributed by atoms with E-state index in [0.29, 0.717) is 0 Å². The predicted octanol–water partition coefficient (Wildman–Crippen LogP) is 2.28. The topological polar surface area (TPSA) is 45.0 Å². The number of nitrogens with zero attached hydrogens (tertiary/aromatic N) is 2. The average Bonchev–Trinajstić information content (AvgIpc) is 2.15. The Bertz CT molecular complexity index is 254. The number of hydrogen-bond acceptors (Lipinski definition) is 3. The molecule has 0 bridgehead atoms. The number of benzene rings is 1. The highest BCUT2D eigenvalue weighted by Gasteiger charge is 1.89. The molecule has 0 aromatic heterocycles. The summed E-state index contributed by atoms with van der Waals surface area (Å²) >= 11 is 0. The van der Waals surface area contributed by atoms with Gasteiger partial charge in [-0.05, 0) is 24.1 Å². The molecule has 1 aromatic carbocycles. The third-order valence-corrected chi connectivity index (χ3v) is 1.59. The standard InChI is InChI=1S/C9H12N2O/c1-2-8-3-5-9(6-4-8)11-10-7-12/h3-6,12H,2,7H2,1H3. The monoisotopic (exact) mass is 164 g/mol. The summed E-state index contributed by atoms with van der Waals surface area (Å²) in [6.07, 6.45) is 1.03. The van der Waals surface area contributed by atoms with Crippen molar-refractivity contribution in [3.05, 3.63) is 29.8 Å². The van der Waals surface area contributed by atoms with Crippen LogP contribution in [0.25, 0.3) is 0 Å². The van der Waals surface area contributed by atoms with Gasteiger partial charge in [-0.1, -0.05) is 19.1 Å². The Kier molecular flexibility index (Phi) is 3.41. The molecule has 0 unspecified atom stereocenters. The highest BCUT2D eigenvalue weighted by atomic mass is 16.3. The normalized spacial score (nSPS) is 10.8. The van der Waals surface area contributed by atoms with Gasteiger partial charge < -0.3 is 5.11 Å². The van der Waals surface area contributed by atoms with Crippen LogP contribution in [0.15, 0.2) is 34.5 Å². The molecular formula is C9H12N2O. The molecule has 64 valence electrons. The molecule has 1 rings (SSSR count). The minimum atomic E-state index is -0.254. The zero-order valence-corrected chi connectivity index (χ0v) is 7.07. The summed E-state index contributed by atoms with van der Waals surface area (Å²) in [4.78, 5) is 0. The maximum Gasteiger partial charge on any atom is 0.155 e. The minimum Gasteiger partial charge on any atom is -0.373 e. The van der Waals surface area contributed by atoms with Crippen molar-refractivity contribution < 1.29 is 5.11 Å². The van der Waals surface area contributed by atoms with Gasteiger partial charge in [0, 0.05) is 0 Å². The smallest absolute Gasteiger partial charge is 0.155 e. The molecule has 0 fully saturated rings. The highest BCUT2D eigenvalue weighted by Crippen LogP contribution is 2.13. The Hall–Kier alpha value is -1.22. The Labute approximate surface area is 71.8 Å². The van der Waals surface area contributed by atoms with Gasteiger partial charge in [0.2, 0.25) is 0 Å². The van der Waals surface area contributed by atoms with Gasteiger partial charge in [-0.2, -0.15) is 10.2 Å². The van der Waals surface area contributed by atoms with Gasteiger partial charge in [0.1, 0.15) is 0 Å². The van der Waals surface area contributed by atoms with E-state index in [2.05, 4.69) is 17.2 Å². The number of aliphatic hydroxyl groups excluding tert-OH is 1. The fraction of sp³-hybridized carbons (Fsp3) is 0.333. The zero-order chi connectivity index (χ0) is 8.81. The molecule has 1 N–H and O–H groups in total. The molecule has 0 atom stereocenters. The zero-order valence-electron chi connectivity index (χ0n) is 7.07. The maximum atomic E-state index is 8.37. The fourth-order valence-electron chi connectivity index (χ4n) is 0.912. The molecule has 0 aliphatic heterocycles. The van der Waals surface area contributed by atoms with Gasteiger partial charge in [-0.25, -0.2) is 0 Å². The van der Waals surface area contributed by atoms with Crippen LogP contribution in [-0.4, -0.2) is 11.8 Å². The van der Waals surface area contributed by atoms with E-state index >= 15 is 0 Å². The molecule has 0 radical (unpaired) electrons. The van der Waals surface area contributed by atoms with Crippen molar-refractivity contribution in [3.8, 4) is 0 Å². The summed E-state index contributed by atoms with van der Waals surface area (Å²) < 4.78 is 0. The molecule has 3 nitrogen and oxygen atoms in total. The van der Waals surface area contributed by atoms with Gasteiger partial charge in [0.15, 0.2) is 6.73 Å². The molecule has 0 saturated heterocycles. The van der Waals surface area contributed by atoms with Gasteiger partial charge in [-0.15, -0.1) is 0 Å². The molecule has 3 heteroatoms. The Morgan fingerprint density at radius 2 is 1.92 bits per heavy atom. The van der Waals surface area contributed by atoms with E-state index in [1.165, 1.54) is 5.56 Å². The number of hydrogen-bond donors (Lipinski definition) is 1. The van der Waals surface area contributed by atoms with Gasteiger partial charge in [0.25, 0.3) is 0 Å². The first-order valence-corrected chi connectivity index (χ1v) is 3.94. The molecule has 0 amide bonds. The van der Waals surface area contributed by atoms with Crippen molar-refractivity contribution in [2.75, 3.05) is 6.73 Å². The van der Waals surface area contributed by atoms with Crippen LogP contribution in [0, 0.1) is 0 Å². The summed E-state index contributed by atoms with van der Waals surface area (Å²) in [7, 11) is 0. The average molecular weight is 164 g/mol. The predicted molar refractivity (Wildman–Crippen MR) is 47.4 cm³/mol. The van der Waals surface area contributed by atoms with E-state index in [9.17, 15) is 0 Å². The van der Waals surface area contributed by atoms with Crippen molar-refractivity contribution in [2.24, 2.45) is 10.2 Å². The first-order valence-electron chi connectivity index (χ1n) is 3.94. The van der Waals surface area contributed by atoms with E-state index in [1.54, 1.807) is 0 Å². The van der Waals surface area contributed by atoms with Crippen LogP contribution >= 0.6 is 0 Å². The fourth-order valence-corrected chi connectivity index (χ4v) is 0.912. The number of aliphatic hydroxyl groups is 1.